The lowest BCUT2D eigenvalue weighted by molar-refractivity contribution is 0.443. The molecule has 250 valence electrons. The van der Waals surface area contributed by atoms with Crippen molar-refractivity contribution < 1.29 is 4.74 Å². The minimum absolute atomic E-state index is 0.163. The minimum Gasteiger partial charge on any atom is -0.457 e. The fraction of sp³-hybridized carbons (Fsp3) is 0.118. The first-order valence-corrected chi connectivity index (χ1v) is 18.2. The standard InChI is InChI=1S/C51H40O/c1-4-16-40(22-13-14-28-50(2)46-26-11-9-24-42(46)44-30-36-18-5-7-20-38(36)32-48(44)50)52-41-23-15-17-35(29-41)34-51(3)47-27-12-10-25-43(47)45-31-37-19-6-8-21-39(37)33-49(45)51/h4-13,15-33H,34H2,1-3H3/b16-4-,40-22+/t14?,50-,51+/m0/s1. The summed E-state index contributed by atoms with van der Waals surface area (Å²) in [7, 11) is 0. The average Bonchev–Trinajstić information content (AvgIpc) is 3.56. The molecule has 7 aromatic carbocycles. The number of hydrogen-bond acceptors (Lipinski definition) is 1. The van der Waals surface area contributed by atoms with E-state index >= 15 is 0 Å². The molecule has 0 fully saturated rings. The van der Waals surface area contributed by atoms with Crippen LogP contribution < -0.4 is 4.74 Å². The summed E-state index contributed by atoms with van der Waals surface area (Å²) in [6.45, 7) is 6.72. The van der Waals surface area contributed by atoms with Gasteiger partial charge in [0, 0.05) is 10.8 Å². The number of hydrogen-bond donors (Lipinski definition) is 0. The Kier molecular flexibility index (Phi) is 7.69. The lowest BCUT2D eigenvalue weighted by Gasteiger charge is -2.28. The van der Waals surface area contributed by atoms with Gasteiger partial charge in [0.05, 0.1) is 0 Å². The number of rotatable bonds is 7. The van der Waals surface area contributed by atoms with Gasteiger partial charge in [0.15, 0.2) is 0 Å². The van der Waals surface area contributed by atoms with Gasteiger partial charge in [0.1, 0.15) is 11.5 Å². The lowest BCUT2D eigenvalue weighted by atomic mass is 9.75. The Balaban J connectivity index is 1.01. The molecular formula is C51H40O. The molecule has 2 atom stereocenters. The fourth-order valence-corrected chi connectivity index (χ4v) is 8.71. The minimum atomic E-state index is -0.296. The molecule has 0 saturated heterocycles. The molecular weight excluding hydrogens is 629 g/mol. The molecule has 1 nitrogen and oxygen atoms in total. The smallest absolute Gasteiger partial charge is 0.127 e. The molecule has 52 heavy (non-hydrogen) atoms. The van der Waals surface area contributed by atoms with Gasteiger partial charge < -0.3 is 4.74 Å². The predicted octanol–water partition coefficient (Wildman–Crippen LogP) is 13.1. The van der Waals surface area contributed by atoms with Gasteiger partial charge in [-0.1, -0.05) is 122 Å². The van der Waals surface area contributed by atoms with Crippen molar-refractivity contribution in [2.75, 3.05) is 0 Å². The third-order valence-corrected chi connectivity index (χ3v) is 11.3. The van der Waals surface area contributed by atoms with Crippen molar-refractivity contribution in [2.45, 2.75) is 38.0 Å². The highest BCUT2D eigenvalue weighted by Gasteiger charge is 2.40. The molecule has 2 aliphatic rings. The first-order chi connectivity index (χ1) is 25.4. The van der Waals surface area contributed by atoms with Crippen molar-refractivity contribution in [1.29, 1.82) is 0 Å². The van der Waals surface area contributed by atoms with E-state index in [1.807, 2.05) is 37.3 Å². The van der Waals surface area contributed by atoms with Gasteiger partial charge in [-0.25, -0.2) is 0 Å². The number of ether oxygens (including phenoxy) is 1. The second-order valence-corrected chi connectivity index (χ2v) is 14.6. The van der Waals surface area contributed by atoms with E-state index in [0.29, 0.717) is 0 Å². The van der Waals surface area contributed by atoms with E-state index in [2.05, 4.69) is 165 Å². The van der Waals surface area contributed by atoms with Crippen LogP contribution in [0.2, 0.25) is 0 Å². The Labute approximate surface area is 306 Å². The summed E-state index contributed by atoms with van der Waals surface area (Å²) in [4.78, 5) is 0. The Morgan fingerprint density at radius 3 is 1.85 bits per heavy atom. The molecule has 2 aliphatic carbocycles. The fourth-order valence-electron chi connectivity index (χ4n) is 8.71. The monoisotopic (exact) mass is 668 g/mol. The molecule has 0 amide bonds. The summed E-state index contributed by atoms with van der Waals surface area (Å²) in [5, 5.41) is 5.08. The zero-order valence-electron chi connectivity index (χ0n) is 29.9. The maximum atomic E-state index is 6.54. The van der Waals surface area contributed by atoms with Crippen LogP contribution >= 0.6 is 0 Å². The molecule has 0 unspecified atom stereocenters. The summed E-state index contributed by atoms with van der Waals surface area (Å²) in [5.41, 5.74) is 15.0. The maximum Gasteiger partial charge on any atom is 0.127 e. The SMILES string of the molecule is C/C=C\C(=C/C=C=C[C@@]1(C)c2ccccc2-c2cc3ccccc3cc21)Oc1cccc(C[C@]2(C)c3ccccc3-c3cc4ccccc4cc32)c1. The van der Waals surface area contributed by atoms with Crippen molar-refractivity contribution in [1.82, 2.24) is 0 Å². The first kappa shape index (κ1) is 31.8. The Hall–Kier alpha value is -6.14. The number of fused-ring (bicyclic) bond motifs is 8. The summed E-state index contributed by atoms with van der Waals surface area (Å²) >= 11 is 0. The highest BCUT2D eigenvalue weighted by molar-refractivity contribution is 5.95. The van der Waals surface area contributed by atoms with Crippen LogP contribution in [0.3, 0.4) is 0 Å². The lowest BCUT2D eigenvalue weighted by Crippen LogP contribution is -2.24. The molecule has 0 aliphatic heterocycles. The van der Waals surface area contributed by atoms with Crippen molar-refractivity contribution in [3.8, 4) is 28.0 Å². The van der Waals surface area contributed by atoms with E-state index in [0.717, 1.165) is 17.9 Å². The van der Waals surface area contributed by atoms with Crippen molar-refractivity contribution in [3.05, 3.63) is 215 Å². The van der Waals surface area contributed by atoms with Gasteiger partial charge in [0.25, 0.3) is 0 Å². The molecule has 1 heteroatoms. The van der Waals surface area contributed by atoms with Crippen LogP contribution in [0.1, 0.15) is 48.6 Å². The molecule has 0 N–H and O–H groups in total. The molecule has 0 bridgehead atoms. The van der Waals surface area contributed by atoms with Crippen molar-refractivity contribution in [2.24, 2.45) is 0 Å². The van der Waals surface area contributed by atoms with Crippen LogP contribution in [0.15, 0.2) is 187 Å². The maximum absolute atomic E-state index is 6.54. The topological polar surface area (TPSA) is 9.23 Å². The normalized spacial score (nSPS) is 18.5. The molecule has 0 aromatic heterocycles. The van der Waals surface area contributed by atoms with Gasteiger partial charge >= 0.3 is 0 Å². The van der Waals surface area contributed by atoms with Gasteiger partial charge in [-0.2, -0.15) is 0 Å². The molecule has 7 aromatic rings. The van der Waals surface area contributed by atoms with Crippen molar-refractivity contribution >= 4 is 21.5 Å². The largest absolute Gasteiger partial charge is 0.457 e. The first-order valence-electron chi connectivity index (χ1n) is 18.2. The van der Waals surface area contributed by atoms with Gasteiger partial charge in [0.2, 0.25) is 0 Å². The highest BCUT2D eigenvalue weighted by Crippen LogP contribution is 2.52. The quantitative estimate of drug-likeness (QED) is 0.0933. The molecule has 0 radical (unpaired) electrons. The van der Waals surface area contributed by atoms with Gasteiger partial charge in [-0.15, -0.1) is 5.73 Å². The van der Waals surface area contributed by atoms with E-state index < -0.39 is 0 Å². The van der Waals surface area contributed by atoms with E-state index in [1.54, 1.807) is 0 Å². The van der Waals surface area contributed by atoms with Crippen LogP contribution in [-0.4, -0.2) is 0 Å². The summed E-state index contributed by atoms with van der Waals surface area (Å²) in [5.74, 6) is 1.59. The van der Waals surface area contributed by atoms with Crippen LogP contribution in [0.4, 0.5) is 0 Å². The zero-order chi connectivity index (χ0) is 35.3. The molecule has 0 heterocycles. The predicted molar refractivity (Wildman–Crippen MR) is 218 cm³/mol. The molecule has 9 rings (SSSR count). The summed E-state index contributed by atoms with van der Waals surface area (Å²) in [6.07, 6.45) is 11.1. The van der Waals surface area contributed by atoms with Gasteiger partial charge in [-0.05, 0) is 153 Å². The highest BCUT2D eigenvalue weighted by atomic mass is 16.5. The third-order valence-electron chi connectivity index (χ3n) is 11.3. The summed E-state index contributed by atoms with van der Waals surface area (Å²) < 4.78 is 6.54. The van der Waals surface area contributed by atoms with E-state index in [9.17, 15) is 0 Å². The number of allylic oxidation sites excluding steroid dienone is 4. The van der Waals surface area contributed by atoms with Crippen LogP contribution in [-0.2, 0) is 17.3 Å². The van der Waals surface area contributed by atoms with Crippen LogP contribution in [0, 0.1) is 0 Å². The van der Waals surface area contributed by atoms with Crippen LogP contribution in [0.25, 0.3) is 43.8 Å². The average molecular weight is 669 g/mol. The van der Waals surface area contributed by atoms with Crippen LogP contribution in [0.5, 0.6) is 5.75 Å². The Bertz CT molecular complexity index is 2660. The van der Waals surface area contributed by atoms with E-state index in [4.69, 9.17) is 4.74 Å². The zero-order valence-corrected chi connectivity index (χ0v) is 29.9. The Morgan fingerprint density at radius 2 is 1.15 bits per heavy atom. The van der Waals surface area contributed by atoms with Gasteiger partial charge in [-0.3, -0.25) is 0 Å². The number of benzene rings is 7. The van der Waals surface area contributed by atoms with Crippen molar-refractivity contribution in [3.63, 3.8) is 0 Å². The second kappa shape index (κ2) is 12.6. The Morgan fingerprint density at radius 1 is 0.577 bits per heavy atom. The molecule has 0 spiro atoms. The second-order valence-electron chi connectivity index (χ2n) is 14.6. The summed E-state index contributed by atoms with van der Waals surface area (Å²) in [6, 6.07) is 53.0. The third kappa shape index (κ3) is 5.25. The molecule has 0 saturated carbocycles. The van der Waals surface area contributed by atoms with E-state index in [1.165, 1.54) is 71.6 Å². The van der Waals surface area contributed by atoms with E-state index in [-0.39, 0.29) is 10.8 Å².